The van der Waals surface area contributed by atoms with E-state index in [1.54, 1.807) is 6.92 Å². The molecule has 1 aliphatic heterocycles. The molecule has 0 spiro atoms. The zero-order chi connectivity index (χ0) is 14.8. The predicted molar refractivity (Wildman–Crippen MR) is 78.7 cm³/mol. The van der Waals surface area contributed by atoms with E-state index >= 15 is 0 Å². The Kier molecular flexibility index (Phi) is 4.87. The lowest BCUT2D eigenvalue weighted by Gasteiger charge is -2.34. The molecule has 2 rings (SSSR count). The van der Waals surface area contributed by atoms with Gasteiger partial charge in [0.2, 0.25) is 0 Å². The summed E-state index contributed by atoms with van der Waals surface area (Å²) < 4.78 is 24.2. The van der Waals surface area contributed by atoms with Gasteiger partial charge in [-0.05, 0) is 0 Å². The van der Waals surface area contributed by atoms with Crippen molar-refractivity contribution >= 4 is 39.1 Å². The quantitative estimate of drug-likeness (QED) is 0.822. The Labute approximate surface area is 126 Å². The highest BCUT2D eigenvalue weighted by atomic mass is 35.5. The van der Waals surface area contributed by atoms with E-state index in [-0.39, 0.29) is 16.6 Å². The van der Waals surface area contributed by atoms with Gasteiger partial charge in [0, 0.05) is 23.8 Å². The fourth-order valence-electron chi connectivity index (χ4n) is 1.87. The first-order chi connectivity index (χ1) is 9.45. The van der Waals surface area contributed by atoms with Gasteiger partial charge in [0.05, 0.1) is 12.4 Å². The van der Waals surface area contributed by atoms with Crippen LogP contribution in [0.4, 0.5) is 0 Å². The predicted octanol–water partition coefficient (Wildman–Crippen LogP) is 1.08. The molecule has 1 aromatic heterocycles. The fraction of sp³-hybridized carbons (Fsp3) is 0.545. The van der Waals surface area contributed by atoms with Crippen LogP contribution in [-0.2, 0) is 9.84 Å². The molecule has 6 nitrogen and oxygen atoms in total. The molecule has 0 saturated carbocycles. The molecule has 1 unspecified atom stereocenters. The highest BCUT2D eigenvalue weighted by molar-refractivity contribution is 8.01. The largest absolute Gasteiger partial charge is 0.319 e. The van der Waals surface area contributed by atoms with Gasteiger partial charge in [0.1, 0.15) is 16.2 Å². The third-order valence-corrected chi connectivity index (χ3v) is 6.49. The number of nitrogens with zero attached hydrogens (tertiary/aromatic N) is 3. The molecule has 1 aromatic rings. The van der Waals surface area contributed by atoms with Crippen LogP contribution in [0.15, 0.2) is 12.4 Å². The summed E-state index contributed by atoms with van der Waals surface area (Å²) >= 11 is 7.16. The molecule has 1 aliphatic rings. The SMILES string of the molecule is CCS(=O)(=O)C1CSCCN1C(=O)c1cnc(Cl)cn1. The van der Waals surface area contributed by atoms with Crippen LogP contribution >= 0.6 is 23.4 Å². The van der Waals surface area contributed by atoms with E-state index in [4.69, 9.17) is 11.6 Å². The molecule has 0 bridgehead atoms. The maximum atomic E-state index is 12.4. The second-order valence-corrected chi connectivity index (χ2v) is 8.19. The summed E-state index contributed by atoms with van der Waals surface area (Å²) in [6.45, 7) is 1.97. The standard InChI is InChI=1S/C11H14ClN3O3S2/c1-2-20(17,18)10-7-19-4-3-15(10)11(16)8-5-14-9(12)6-13-8/h5-6,10H,2-4,7H2,1H3. The van der Waals surface area contributed by atoms with Crippen LogP contribution in [0.2, 0.25) is 5.15 Å². The maximum Gasteiger partial charge on any atom is 0.275 e. The molecule has 20 heavy (non-hydrogen) atoms. The highest BCUT2D eigenvalue weighted by Crippen LogP contribution is 2.23. The van der Waals surface area contributed by atoms with Crippen molar-refractivity contribution in [2.75, 3.05) is 23.8 Å². The van der Waals surface area contributed by atoms with Crippen molar-refractivity contribution in [1.82, 2.24) is 14.9 Å². The average molecular weight is 336 g/mol. The van der Waals surface area contributed by atoms with Gasteiger partial charge in [-0.1, -0.05) is 18.5 Å². The van der Waals surface area contributed by atoms with Crippen molar-refractivity contribution in [3.63, 3.8) is 0 Å². The van der Waals surface area contributed by atoms with E-state index in [9.17, 15) is 13.2 Å². The van der Waals surface area contributed by atoms with E-state index in [1.165, 1.54) is 29.1 Å². The van der Waals surface area contributed by atoms with Gasteiger partial charge in [-0.25, -0.2) is 18.4 Å². The second kappa shape index (κ2) is 6.28. The first kappa shape index (κ1) is 15.5. The molecule has 1 atom stereocenters. The van der Waals surface area contributed by atoms with Crippen LogP contribution in [0.1, 0.15) is 17.4 Å². The minimum Gasteiger partial charge on any atom is -0.319 e. The minimum atomic E-state index is -3.32. The average Bonchev–Trinajstić information content (AvgIpc) is 2.47. The lowest BCUT2D eigenvalue weighted by Crippen LogP contribution is -2.50. The zero-order valence-electron chi connectivity index (χ0n) is 10.8. The number of halogens is 1. The molecule has 2 heterocycles. The zero-order valence-corrected chi connectivity index (χ0v) is 13.2. The first-order valence-electron chi connectivity index (χ1n) is 6.03. The smallest absolute Gasteiger partial charge is 0.275 e. The fourth-order valence-corrected chi connectivity index (χ4v) is 4.94. The molecule has 1 fully saturated rings. The molecule has 9 heteroatoms. The van der Waals surface area contributed by atoms with Crippen molar-refractivity contribution in [1.29, 1.82) is 0 Å². The number of carbonyl (C=O) groups is 1. The van der Waals surface area contributed by atoms with Gasteiger partial charge in [0.15, 0.2) is 9.84 Å². The third-order valence-electron chi connectivity index (χ3n) is 3.00. The lowest BCUT2D eigenvalue weighted by atomic mass is 10.3. The topological polar surface area (TPSA) is 80.2 Å². The Hall–Kier alpha value is -0.860. The maximum absolute atomic E-state index is 12.4. The summed E-state index contributed by atoms with van der Waals surface area (Å²) in [5, 5.41) is -0.607. The van der Waals surface area contributed by atoms with Crippen molar-refractivity contribution < 1.29 is 13.2 Å². The van der Waals surface area contributed by atoms with Crippen molar-refractivity contribution in [3.05, 3.63) is 23.2 Å². The second-order valence-electron chi connectivity index (χ2n) is 4.20. The Morgan fingerprint density at radius 2 is 2.25 bits per heavy atom. The van der Waals surface area contributed by atoms with E-state index in [2.05, 4.69) is 9.97 Å². The Morgan fingerprint density at radius 3 is 2.85 bits per heavy atom. The van der Waals surface area contributed by atoms with Crippen LogP contribution < -0.4 is 0 Å². The Balaban J connectivity index is 2.28. The molecule has 0 radical (unpaired) electrons. The monoisotopic (exact) mass is 335 g/mol. The van der Waals surface area contributed by atoms with Gasteiger partial charge in [0.25, 0.3) is 5.91 Å². The van der Waals surface area contributed by atoms with Crippen LogP contribution in [0.3, 0.4) is 0 Å². The van der Waals surface area contributed by atoms with Crippen LogP contribution in [0, 0.1) is 0 Å². The van der Waals surface area contributed by atoms with Gasteiger partial charge in [-0.2, -0.15) is 11.8 Å². The number of hydrogen-bond donors (Lipinski definition) is 0. The number of thioether (sulfide) groups is 1. The normalized spacial score (nSPS) is 19.9. The van der Waals surface area contributed by atoms with Crippen LogP contribution in [-0.4, -0.2) is 58.4 Å². The first-order valence-corrected chi connectivity index (χ1v) is 9.28. The number of amides is 1. The summed E-state index contributed by atoms with van der Waals surface area (Å²) in [5.41, 5.74) is 0.109. The number of carbonyl (C=O) groups excluding carboxylic acids is 1. The summed E-state index contributed by atoms with van der Waals surface area (Å²) in [4.78, 5) is 21.5. The number of sulfone groups is 1. The molecule has 0 N–H and O–H groups in total. The molecule has 0 aliphatic carbocycles. The summed E-state index contributed by atoms with van der Waals surface area (Å²) in [5.74, 6) is 0.691. The number of aromatic nitrogens is 2. The Morgan fingerprint density at radius 1 is 1.50 bits per heavy atom. The molecule has 1 saturated heterocycles. The highest BCUT2D eigenvalue weighted by Gasteiger charge is 2.36. The van der Waals surface area contributed by atoms with Crippen LogP contribution in [0.25, 0.3) is 0 Å². The summed E-state index contributed by atoms with van der Waals surface area (Å²) in [7, 11) is -3.32. The lowest BCUT2D eigenvalue weighted by molar-refractivity contribution is 0.0743. The van der Waals surface area contributed by atoms with E-state index < -0.39 is 21.1 Å². The molecule has 0 aromatic carbocycles. The van der Waals surface area contributed by atoms with Gasteiger partial charge < -0.3 is 4.90 Å². The number of hydrogen-bond acceptors (Lipinski definition) is 6. The van der Waals surface area contributed by atoms with E-state index in [0.717, 1.165) is 0 Å². The van der Waals surface area contributed by atoms with Gasteiger partial charge in [-0.3, -0.25) is 4.79 Å². The third kappa shape index (κ3) is 3.24. The van der Waals surface area contributed by atoms with E-state index in [0.29, 0.717) is 18.1 Å². The number of rotatable bonds is 3. The minimum absolute atomic E-state index is 0.00824. The molecule has 1 amide bonds. The van der Waals surface area contributed by atoms with Crippen LogP contribution in [0.5, 0.6) is 0 Å². The van der Waals surface area contributed by atoms with Gasteiger partial charge in [-0.15, -0.1) is 0 Å². The van der Waals surface area contributed by atoms with Crippen molar-refractivity contribution in [2.45, 2.75) is 12.3 Å². The molecule has 110 valence electrons. The Bertz CT molecular complexity index is 591. The molecular formula is C11H14ClN3O3S2. The van der Waals surface area contributed by atoms with Crippen molar-refractivity contribution in [2.24, 2.45) is 0 Å². The summed E-state index contributed by atoms with van der Waals surface area (Å²) in [6.07, 6.45) is 2.54. The summed E-state index contributed by atoms with van der Waals surface area (Å²) in [6, 6.07) is 0. The van der Waals surface area contributed by atoms with Gasteiger partial charge >= 0.3 is 0 Å². The van der Waals surface area contributed by atoms with E-state index in [1.807, 2.05) is 0 Å². The van der Waals surface area contributed by atoms with Crippen molar-refractivity contribution in [3.8, 4) is 0 Å². The molecular weight excluding hydrogens is 322 g/mol.